The number of anilines is 2. The fourth-order valence-electron chi connectivity index (χ4n) is 11.3. The molecule has 2 aromatic carbocycles. The summed E-state index contributed by atoms with van der Waals surface area (Å²) in [6.07, 6.45) is 14.9. The molecule has 0 aliphatic carbocycles. The van der Waals surface area contributed by atoms with Gasteiger partial charge in [-0.15, -0.1) is 5.10 Å². The second kappa shape index (κ2) is 37.1. The van der Waals surface area contributed by atoms with Gasteiger partial charge in [0.2, 0.25) is 17.8 Å². The maximum atomic E-state index is 14.0. The van der Waals surface area contributed by atoms with Crippen molar-refractivity contribution >= 4 is 76.4 Å². The van der Waals surface area contributed by atoms with E-state index in [0.29, 0.717) is 34.7 Å². The molecule has 31 heteroatoms. The highest BCUT2D eigenvalue weighted by Crippen LogP contribution is 2.38. The van der Waals surface area contributed by atoms with Crippen LogP contribution in [-0.2, 0) is 55.9 Å². The molecule has 0 spiro atoms. The molecule has 0 unspecified atom stereocenters. The average Bonchev–Trinajstić information content (AvgIpc) is 0.962. The zero-order valence-electron chi connectivity index (χ0n) is 56.6. The van der Waals surface area contributed by atoms with E-state index in [1.807, 2.05) is 45.9 Å². The highest BCUT2D eigenvalue weighted by atomic mass is 16.6. The number of rotatable bonds is 36. The largest absolute Gasteiger partial charge is 0.480 e. The van der Waals surface area contributed by atoms with Gasteiger partial charge in [-0.25, -0.2) is 38.6 Å². The topological polar surface area (TPSA) is 463 Å². The summed E-state index contributed by atoms with van der Waals surface area (Å²) in [5.41, 5.74) is 7.99. The third kappa shape index (κ3) is 22.9. The minimum Gasteiger partial charge on any atom is -0.480 e. The van der Waals surface area contributed by atoms with E-state index in [-0.39, 0.29) is 86.3 Å². The molecule has 1 saturated heterocycles. The van der Waals surface area contributed by atoms with Crippen molar-refractivity contribution in [1.29, 1.82) is 0 Å². The summed E-state index contributed by atoms with van der Waals surface area (Å²) in [7, 11) is 0. The van der Waals surface area contributed by atoms with Crippen LogP contribution < -0.4 is 43.2 Å². The standard InChI is InChI=1S/C70H86N14O17/c1-7-13-54-43(6)53(85)36-56(100-54)70(55-16-11-17-59(88)101-55,31-12-14-41(4)35-42(5)34-40(3)8-2)81-69(98)99-33-30-47-39-84(83-82-47)49-24-20-44(21-25-49)62(89)72-32-10-9-15-50(65(92)93)76-57(86)28-26-51(66(94)95)77-58(87)29-27-52(67(96)97)78-63(90)45-18-22-46(23-19-45)73-37-48-38-74-61-60(75-48)64(91)80-68(71)79-61/h7-8,11-14,17-25,31,34,38-39,42-43,50-56,73,85H,2,9-10,15-16,26-30,32-33,35-37H2,1,3-6H3,(H,72,89)(H,76,86)(H,77,87)(H,78,90)(H,81,98)(H,92,93)(H,94,95)(H,96,97)(H3,71,74,79,80,91)/b13-7+,31-12+,40-34+,41-14-/t42-,43-,50-,51-,52-,53+,54-,55+,56-,70+/m0/s1. The number of cyclic esters (lactones) is 1. The van der Waals surface area contributed by atoms with Gasteiger partial charge in [-0.05, 0) is 114 Å². The van der Waals surface area contributed by atoms with Crippen molar-refractivity contribution in [2.75, 3.05) is 24.2 Å². The number of allylic oxidation sites excluding steroid dienone is 7. The number of alkyl carbamates (subject to hydrolysis) is 1. The number of H-pyrrole nitrogens is 1. The van der Waals surface area contributed by atoms with Crippen molar-refractivity contribution in [2.45, 2.75) is 160 Å². The van der Waals surface area contributed by atoms with Gasteiger partial charge in [-0.2, -0.15) is 4.98 Å². The summed E-state index contributed by atoms with van der Waals surface area (Å²) in [6.45, 7) is 13.8. The lowest BCUT2D eigenvalue weighted by Crippen LogP contribution is -2.67. The van der Waals surface area contributed by atoms with Crippen LogP contribution >= 0.6 is 0 Å². The lowest BCUT2D eigenvalue weighted by atomic mass is 9.76. The van der Waals surface area contributed by atoms with Crippen LogP contribution in [0.3, 0.4) is 0 Å². The van der Waals surface area contributed by atoms with E-state index in [1.54, 1.807) is 54.8 Å². The quantitative estimate of drug-likeness (QED) is 0.0105. The number of carboxylic acid groups (broad SMARTS) is 3. The molecule has 1 fully saturated rings. The van der Waals surface area contributed by atoms with Gasteiger partial charge in [-0.1, -0.05) is 85.4 Å². The molecule has 5 amide bonds. The third-order valence-corrected chi connectivity index (χ3v) is 16.8. The molecular weight excluding hydrogens is 1310 g/mol. The number of esters is 1. The number of nitrogen functional groups attached to an aromatic ring is 1. The number of aromatic nitrogens is 7. The number of hydrogen-bond acceptors (Lipinski definition) is 21. The molecule has 0 saturated carbocycles. The number of carbonyl (C=O) groups excluding carboxylic acids is 6. The number of fused-ring (bicyclic) bond motifs is 1. The van der Waals surface area contributed by atoms with Gasteiger partial charge in [0, 0.05) is 67.5 Å². The van der Waals surface area contributed by atoms with Crippen LogP contribution in [0.5, 0.6) is 0 Å². The predicted octanol–water partition coefficient (Wildman–Crippen LogP) is 5.24. The third-order valence-electron chi connectivity index (χ3n) is 16.8. The Hall–Kier alpha value is -11.2. The number of carboxylic acids is 3. The zero-order chi connectivity index (χ0) is 73.3. The van der Waals surface area contributed by atoms with Crippen LogP contribution in [0.4, 0.5) is 16.4 Å². The van der Waals surface area contributed by atoms with E-state index < -0.39 is 133 Å². The van der Waals surface area contributed by atoms with Gasteiger partial charge in [0.15, 0.2) is 11.2 Å². The maximum absolute atomic E-state index is 14.0. The number of nitrogens with one attached hydrogen (secondary N) is 7. The van der Waals surface area contributed by atoms with Crippen molar-refractivity contribution in [2.24, 2.45) is 11.8 Å². The van der Waals surface area contributed by atoms with E-state index in [4.69, 9.17) is 19.9 Å². The van der Waals surface area contributed by atoms with E-state index >= 15 is 0 Å². The van der Waals surface area contributed by atoms with Crippen LogP contribution in [0, 0.1) is 11.8 Å². The number of unbranched alkanes of at least 4 members (excludes halogenated alkanes) is 1. The Kier molecular flexibility index (Phi) is 28.3. The Morgan fingerprint density at radius 1 is 0.861 bits per heavy atom. The number of ether oxygens (including phenoxy) is 3. The van der Waals surface area contributed by atoms with Crippen LogP contribution in [0.2, 0.25) is 0 Å². The maximum Gasteiger partial charge on any atom is 0.408 e. The molecule has 31 nitrogen and oxygen atoms in total. The molecule has 0 bridgehead atoms. The molecule has 7 rings (SSSR count). The van der Waals surface area contributed by atoms with Gasteiger partial charge < -0.3 is 72.3 Å². The monoisotopic (exact) mass is 1390 g/mol. The summed E-state index contributed by atoms with van der Waals surface area (Å²) < 4.78 is 19.8. The minimum absolute atomic E-state index is 0.00766. The molecule has 5 heterocycles. The van der Waals surface area contributed by atoms with E-state index in [1.165, 1.54) is 41.2 Å². The van der Waals surface area contributed by atoms with E-state index in [2.05, 4.69) is 81.7 Å². The molecule has 10 atom stereocenters. The Balaban J connectivity index is 0.824. The van der Waals surface area contributed by atoms with Crippen LogP contribution in [-0.4, -0.2) is 170 Å². The fourth-order valence-corrected chi connectivity index (χ4v) is 11.3. The van der Waals surface area contributed by atoms with Gasteiger partial charge in [0.05, 0.1) is 60.9 Å². The highest BCUT2D eigenvalue weighted by Gasteiger charge is 2.52. The predicted molar refractivity (Wildman–Crippen MR) is 369 cm³/mol. The number of aliphatic hydroxyl groups is 1. The summed E-state index contributed by atoms with van der Waals surface area (Å²) in [5.74, 6) is -8.01. The van der Waals surface area contributed by atoms with Crippen LogP contribution in [0.1, 0.15) is 131 Å². The first-order valence-corrected chi connectivity index (χ1v) is 32.9. The summed E-state index contributed by atoms with van der Waals surface area (Å²) >= 11 is 0. The molecule has 5 aromatic rings. The lowest BCUT2D eigenvalue weighted by molar-refractivity contribution is -0.168. The summed E-state index contributed by atoms with van der Waals surface area (Å²) in [4.78, 5) is 142. The molecule has 2 aliphatic rings. The van der Waals surface area contributed by atoms with Gasteiger partial charge in [0.25, 0.3) is 17.4 Å². The summed E-state index contributed by atoms with van der Waals surface area (Å²) in [6, 6.07) is 7.80. The lowest BCUT2D eigenvalue weighted by Gasteiger charge is -2.48. The van der Waals surface area contributed by atoms with Crippen LogP contribution in [0.15, 0.2) is 138 Å². The Bertz CT molecular complexity index is 4020. The SMILES string of the molecule is C=C/C(C)=C/[C@H](C)C/C(C)=C\C=C\[C@](NC(=O)OCCc1cn(-c2ccc(C(=O)NCCCC[C@H](NC(=O)CC[C@H](NC(=O)CC[C@H](NC(=O)c3ccc(NCc4cnc5nc(N)[nH]c(=O)c5n4)cc3)C(=O)O)C(=O)O)C(=O)O)cc2)nn1)([C@@H]1C[C@@H](O)[C@H](C)[C@H](/C=C/C)O1)[C@H]1CC=CC(=O)O1. The molecule has 538 valence electrons. The number of amides is 5. The number of benzene rings is 2. The molecule has 3 aromatic heterocycles. The number of hydrogen-bond donors (Lipinski definition) is 12. The molecule has 101 heavy (non-hydrogen) atoms. The average molecular weight is 1400 g/mol. The zero-order valence-corrected chi connectivity index (χ0v) is 56.6. The second-order valence-corrected chi connectivity index (χ2v) is 24.7. The van der Waals surface area contributed by atoms with Crippen molar-refractivity contribution in [3.8, 4) is 5.69 Å². The van der Waals surface area contributed by atoms with Crippen molar-refractivity contribution < 1.29 is 77.8 Å². The number of nitrogens with zero attached hydrogens (tertiary/aromatic N) is 6. The number of aliphatic hydroxyl groups excluding tert-OH is 1. The number of aromatic amines is 1. The van der Waals surface area contributed by atoms with Crippen molar-refractivity contribution in [3.05, 3.63) is 166 Å². The van der Waals surface area contributed by atoms with Crippen LogP contribution in [0.25, 0.3) is 16.9 Å². The second-order valence-electron chi connectivity index (χ2n) is 24.7. The summed E-state index contributed by atoms with van der Waals surface area (Å²) in [5, 5.41) is 65.1. The normalized spacial score (nSPS) is 18.8. The molecule has 2 aliphatic heterocycles. The van der Waals surface area contributed by atoms with Crippen molar-refractivity contribution in [1.82, 2.24) is 61.5 Å². The van der Waals surface area contributed by atoms with E-state index in [9.17, 15) is 68.4 Å². The first-order chi connectivity index (χ1) is 48.2. The first-order valence-electron chi connectivity index (χ1n) is 32.9. The molecule has 13 N–H and O–H groups in total. The van der Waals surface area contributed by atoms with Gasteiger partial charge in [0.1, 0.15) is 29.8 Å². The highest BCUT2D eigenvalue weighted by molar-refractivity contribution is 5.97. The molecular formula is C70H86N14O17. The van der Waals surface area contributed by atoms with Gasteiger partial charge in [-0.3, -0.25) is 29.0 Å². The van der Waals surface area contributed by atoms with Gasteiger partial charge >= 0.3 is 30.0 Å². The fraction of sp³-hybridized carbons (Fsp3) is 0.414. The Morgan fingerprint density at radius 3 is 2.17 bits per heavy atom. The smallest absolute Gasteiger partial charge is 0.408 e. The minimum atomic E-state index is -1.61. The molecule has 0 radical (unpaired) electrons. The van der Waals surface area contributed by atoms with E-state index in [0.717, 1.165) is 17.6 Å². The number of nitrogens with two attached hydrogens (primary N) is 1. The first kappa shape index (κ1) is 77.1. The number of carbonyl (C=O) groups is 9. The number of aliphatic carboxylic acids is 3. The van der Waals surface area contributed by atoms with Crippen molar-refractivity contribution in [3.63, 3.8) is 0 Å². The Labute approximate surface area is 581 Å². The Morgan fingerprint density at radius 2 is 1.51 bits per heavy atom.